The van der Waals surface area contributed by atoms with Crippen LogP contribution in [0.15, 0.2) is 11.0 Å². The fourth-order valence-electron chi connectivity index (χ4n) is 2.90. The third-order valence-corrected chi connectivity index (χ3v) is 5.50. The number of carbonyl (C=O) groups excluding carboxylic acids is 1. The van der Waals surface area contributed by atoms with Crippen LogP contribution in [0.2, 0.25) is 0 Å². The quantitative estimate of drug-likeness (QED) is 0.425. The van der Waals surface area contributed by atoms with E-state index in [1.807, 2.05) is 13.8 Å². The molecule has 2 N–H and O–H groups in total. The van der Waals surface area contributed by atoms with Gasteiger partial charge in [0.25, 0.3) is 0 Å². The Kier molecular flexibility index (Phi) is 9.13. The van der Waals surface area contributed by atoms with Gasteiger partial charge in [-0.1, -0.05) is 13.3 Å². The minimum absolute atomic E-state index is 0.566. The van der Waals surface area contributed by atoms with Crippen molar-refractivity contribution >= 4 is 17.9 Å². The summed E-state index contributed by atoms with van der Waals surface area (Å²) in [5.41, 5.74) is 6.89. The number of hydrogen-bond donors (Lipinski definition) is 1. The highest BCUT2D eigenvalue weighted by Crippen LogP contribution is 2.42. The van der Waals surface area contributed by atoms with Crippen LogP contribution in [0.5, 0.6) is 11.5 Å². The topological polar surface area (TPSA) is 70.8 Å². The molecule has 0 aliphatic heterocycles. The van der Waals surface area contributed by atoms with Gasteiger partial charge >= 0.3 is 6.09 Å². The first-order valence-electron chi connectivity index (χ1n) is 9.11. The van der Waals surface area contributed by atoms with E-state index in [0.29, 0.717) is 0 Å². The minimum Gasteiger partial charge on any atom is -0.495 e. The average Bonchev–Trinajstić information content (AvgIpc) is 2.55. The Labute approximate surface area is 162 Å². The van der Waals surface area contributed by atoms with E-state index in [1.165, 1.54) is 5.56 Å². The zero-order valence-corrected chi connectivity index (χ0v) is 17.8. The zero-order valence-electron chi connectivity index (χ0n) is 16.9. The number of thioether (sulfide) groups is 1. The second-order valence-corrected chi connectivity index (χ2v) is 8.07. The van der Waals surface area contributed by atoms with E-state index in [9.17, 15) is 4.79 Å². The molecule has 0 spiro atoms. The molecule has 0 radical (unpaired) electrons. The highest BCUT2D eigenvalue weighted by molar-refractivity contribution is 7.99. The summed E-state index contributed by atoms with van der Waals surface area (Å²) in [6, 6.07) is 2.11. The van der Waals surface area contributed by atoms with E-state index in [4.69, 9.17) is 19.9 Å². The van der Waals surface area contributed by atoms with E-state index < -0.39 is 11.7 Å². The molecule has 0 heterocycles. The molecule has 6 heteroatoms. The number of methoxy groups -OCH3 is 2. The molecule has 0 bridgehead atoms. The van der Waals surface area contributed by atoms with Gasteiger partial charge in [-0.05, 0) is 69.4 Å². The first-order valence-corrected chi connectivity index (χ1v) is 10.1. The van der Waals surface area contributed by atoms with Crippen molar-refractivity contribution in [1.29, 1.82) is 0 Å². The van der Waals surface area contributed by atoms with Gasteiger partial charge < -0.3 is 19.9 Å². The van der Waals surface area contributed by atoms with Gasteiger partial charge in [0.1, 0.15) is 17.1 Å². The SMILES string of the molecule is CCCCSc1c(OC)cc(CCCC(C)(C)OC(N)=O)c(C)c1OC. The van der Waals surface area contributed by atoms with Crippen molar-refractivity contribution in [3.63, 3.8) is 0 Å². The predicted octanol–water partition coefficient (Wildman–Crippen LogP) is 5.10. The van der Waals surface area contributed by atoms with Crippen molar-refractivity contribution in [3.05, 3.63) is 17.2 Å². The van der Waals surface area contributed by atoms with E-state index in [-0.39, 0.29) is 0 Å². The molecule has 0 fully saturated rings. The van der Waals surface area contributed by atoms with Crippen LogP contribution in [0.4, 0.5) is 4.79 Å². The maximum absolute atomic E-state index is 11.0. The van der Waals surface area contributed by atoms with Crippen LogP contribution < -0.4 is 15.2 Å². The number of primary amides is 1. The molecule has 0 saturated carbocycles. The number of hydrogen-bond acceptors (Lipinski definition) is 5. The van der Waals surface area contributed by atoms with E-state index in [2.05, 4.69) is 19.9 Å². The number of benzene rings is 1. The molecular formula is C20H33NO4S. The summed E-state index contributed by atoms with van der Waals surface area (Å²) >= 11 is 1.78. The van der Waals surface area contributed by atoms with Gasteiger partial charge in [0.2, 0.25) is 0 Å². The van der Waals surface area contributed by atoms with Gasteiger partial charge in [-0.15, -0.1) is 11.8 Å². The lowest BCUT2D eigenvalue weighted by Gasteiger charge is -2.24. The van der Waals surface area contributed by atoms with Crippen LogP contribution in [0.1, 0.15) is 57.6 Å². The van der Waals surface area contributed by atoms with Crippen LogP contribution >= 0.6 is 11.8 Å². The lowest BCUT2D eigenvalue weighted by Crippen LogP contribution is -2.31. The number of amides is 1. The third-order valence-electron chi connectivity index (χ3n) is 4.33. The maximum Gasteiger partial charge on any atom is 0.405 e. The highest BCUT2D eigenvalue weighted by atomic mass is 32.2. The molecule has 1 amide bonds. The van der Waals surface area contributed by atoms with Crippen molar-refractivity contribution in [2.75, 3.05) is 20.0 Å². The minimum atomic E-state index is -0.733. The lowest BCUT2D eigenvalue weighted by atomic mass is 9.96. The lowest BCUT2D eigenvalue weighted by molar-refractivity contribution is 0.0378. The van der Waals surface area contributed by atoms with E-state index in [1.54, 1.807) is 26.0 Å². The molecule has 0 saturated heterocycles. The van der Waals surface area contributed by atoms with Crippen LogP contribution in [0.3, 0.4) is 0 Å². The van der Waals surface area contributed by atoms with Crippen LogP contribution in [-0.2, 0) is 11.2 Å². The van der Waals surface area contributed by atoms with Crippen LogP contribution in [0, 0.1) is 6.92 Å². The Morgan fingerprint density at radius 3 is 2.46 bits per heavy atom. The van der Waals surface area contributed by atoms with Gasteiger partial charge in [-0.25, -0.2) is 4.79 Å². The molecule has 0 atom stereocenters. The number of unbranched alkanes of at least 4 members (excludes halogenated alkanes) is 1. The first kappa shape index (κ1) is 22.5. The number of nitrogens with two attached hydrogens (primary N) is 1. The van der Waals surface area contributed by atoms with Crippen molar-refractivity contribution in [1.82, 2.24) is 0 Å². The fourth-order valence-corrected chi connectivity index (χ4v) is 4.19. The van der Waals surface area contributed by atoms with Gasteiger partial charge in [0.05, 0.1) is 19.1 Å². The summed E-state index contributed by atoms with van der Waals surface area (Å²) < 4.78 is 16.5. The summed E-state index contributed by atoms with van der Waals surface area (Å²) in [5, 5.41) is 0. The molecule has 0 aromatic heterocycles. The molecule has 0 aliphatic rings. The normalized spacial score (nSPS) is 11.3. The fraction of sp³-hybridized carbons (Fsp3) is 0.650. The number of aryl methyl sites for hydroxylation is 1. The summed E-state index contributed by atoms with van der Waals surface area (Å²) in [5.74, 6) is 2.80. The third kappa shape index (κ3) is 6.63. The average molecular weight is 384 g/mol. The number of rotatable bonds is 11. The largest absolute Gasteiger partial charge is 0.495 e. The molecular weight excluding hydrogens is 350 g/mol. The second kappa shape index (κ2) is 10.6. The molecule has 26 heavy (non-hydrogen) atoms. The van der Waals surface area contributed by atoms with Crippen molar-refractivity contribution in [2.24, 2.45) is 5.73 Å². The summed E-state index contributed by atoms with van der Waals surface area (Å²) in [4.78, 5) is 12.1. The smallest absolute Gasteiger partial charge is 0.405 e. The molecule has 0 aliphatic carbocycles. The van der Waals surface area contributed by atoms with Crippen molar-refractivity contribution in [2.45, 2.75) is 70.3 Å². The Morgan fingerprint density at radius 2 is 1.92 bits per heavy atom. The molecule has 1 aromatic rings. The summed E-state index contributed by atoms with van der Waals surface area (Å²) in [6.45, 7) is 8.02. The van der Waals surface area contributed by atoms with Gasteiger partial charge in [-0.2, -0.15) is 0 Å². The van der Waals surface area contributed by atoms with Crippen molar-refractivity contribution in [3.8, 4) is 11.5 Å². The maximum atomic E-state index is 11.0. The van der Waals surface area contributed by atoms with Crippen molar-refractivity contribution < 1.29 is 19.0 Å². The van der Waals surface area contributed by atoms with Gasteiger partial charge in [0, 0.05) is 0 Å². The van der Waals surface area contributed by atoms with Gasteiger partial charge in [0.15, 0.2) is 0 Å². The monoisotopic (exact) mass is 383 g/mol. The zero-order chi connectivity index (χ0) is 19.7. The van der Waals surface area contributed by atoms with E-state index in [0.717, 1.165) is 59.8 Å². The van der Waals surface area contributed by atoms with Crippen LogP contribution in [0.25, 0.3) is 0 Å². The second-order valence-electron chi connectivity index (χ2n) is 6.96. The van der Waals surface area contributed by atoms with Gasteiger partial charge in [-0.3, -0.25) is 0 Å². The molecule has 5 nitrogen and oxygen atoms in total. The van der Waals surface area contributed by atoms with Crippen LogP contribution in [-0.4, -0.2) is 31.7 Å². The standard InChI is InChI=1S/C20H33NO4S/c1-7-8-12-26-18-16(23-5)13-15(14(2)17(18)24-6)10-9-11-20(3,4)25-19(21)22/h13H,7-12H2,1-6H3,(H2,21,22). The summed E-state index contributed by atoms with van der Waals surface area (Å²) in [7, 11) is 3.40. The molecule has 0 unspecified atom stereocenters. The molecule has 1 aromatic carbocycles. The summed E-state index contributed by atoms with van der Waals surface area (Å²) in [6.07, 6.45) is 4.04. The number of ether oxygens (including phenoxy) is 3. The Hall–Kier alpha value is -1.56. The van der Waals surface area contributed by atoms with E-state index >= 15 is 0 Å². The Balaban J connectivity index is 2.93. The predicted molar refractivity (Wildman–Crippen MR) is 108 cm³/mol. The molecule has 148 valence electrons. The first-order chi connectivity index (χ1) is 12.3. The Bertz CT molecular complexity index is 602. The number of carbonyl (C=O) groups is 1. The molecule has 1 rings (SSSR count). The Morgan fingerprint density at radius 1 is 1.23 bits per heavy atom. The highest BCUT2D eigenvalue weighted by Gasteiger charge is 2.22.